The molecule has 1 amide bonds. The van der Waals surface area contributed by atoms with Crippen LogP contribution >= 0.6 is 0 Å². The molecule has 1 unspecified atom stereocenters. The Kier molecular flexibility index (Phi) is 3.17. The van der Waals surface area contributed by atoms with Gasteiger partial charge in [-0.05, 0) is 32.6 Å². The van der Waals surface area contributed by atoms with Crippen LogP contribution in [0.1, 0.15) is 39.5 Å². The first-order chi connectivity index (χ1) is 6.40. The fourth-order valence-corrected chi connectivity index (χ4v) is 1.37. The first-order valence-corrected chi connectivity index (χ1v) is 5.19. The molecule has 0 radical (unpaired) electrons. The summed E-state index contributed by atoms with van der Waals surface area (Å²) in [6.07, 6.45) is 3.19. The van der Waals surface area contributed by atoms with Crippen LogP contribution in [0.3, 0.4) is 0 Å². The van der Waals surface area contributed by atoms with Crippen LogP contribution in [-0.4, -0.2) is 28.7 Å². The van der Waals surface area contributed by atoms with E-state index in [1.165, 1.54) is 0 Å². The zero-order chi connectivity index (χ0) is 10.8. The van der Waals surface area contributed by atoms with Crippen LogP contribution in [0.25, 0.3) is 0 Å². The van der Waals surface area contributed by atoms with Crippen molar-refractivity contribution in [2.75, 3.05) is 6.54 Å². The number of nitrogens with two attached hydrogens (primary N) is 1. The van der Waals surface area contributed by atoms with Gasteiger partial charge in [0.1, 0.15) is 0 Å². The van der Waals surface area contributed by atoms with Crippen molar-refractivity contribution in [1.82, 2.24) is 5.32 Å². The molecule has 82 valence electrons. The lowest BCUT2D eigenvalue weighted by Crippen LogP contribution is -2.56. The normalized spacial score (nSPS) is 23.4. The van der Waals surface area contributed by atoms with E-state index in [0.29, 0.717) is 13.0 Å². The summed E-state index contributed by atoms with van der Waals surface area (Å²) in [6, 6.07) is 0. The van der Waals surface area contributed by atoms with Gasteiger partial charge in [-0.1, -0.05) is 6.92 Å². The van der Waals surface area contributed by atoms with E-state index < -0.39 is 11.1 Å². The first kappa shape index (κ1) is 11.5. The summed E-state index contributed by atoms with van der Waals surface area (Å²) in [7, 11) is 0. The molecule has 0 aromatic carbocycles. The third kappa shape index (κ3) is 2.45. The van der Waals surface area contributed by atoms with E-state index in [2.05, 4.69) is 5.32 Å². The Morgan fingerprint density at radius 1 is 1.64 bits per heavy atom. The predicted octanol–water partition coefficient (Wildman–Crippen LogP) is 0.145. The quantitative estimate of drug-likeness (QED) is 0.604. The van der Waals surface area contributed by atoms with Crippen LogP contribution in [-0.2, 0) is 4.79 Å². The molecular weight excluding hydrogens is 180 g/mol. The summed E-state index contributed by atoms with van der Waals surface area (Å²) < 4.78 is 0. The number of hydrogen-bond donors (Lipinski definition) is 3. The maximum atomic E-state index is 11.5. The minimum absolute atomic E-state index is 0.180. The van der Waals surface area contributed by atoms with Crippen molar-refractivity contribution in [3.05, 3.63) is 0 Å². The maximum absolute atomic E-state index is 11.5. The molecule has 0 aliphatic heterocycles. The minimum atomic E-state index is -0.819. The Bertz CT molecular complexity index is 222. The van der Waals surface area contributed by atoms with Crippen molar-refractivity contribution in [3.8, 4) is 0 Å². The standard InChI is InChI=1S/C10H20N2O2/c1-3-9(2,11)8(13)12-7-10(14)5-4-6-10/h14H,3-7,11H2,1-2H3,(H,12,13). The fourth-order valence-electron chi connectivity index (χ4n) is 1.37. The number of aliphatic hydroxyl groups is 1. The molecule has 14 heavy (non-hydrogen) atoms. The second-order valence-corrected chi connectivity index (χ2v) is 4.53. The minimum Gasteiger partial charge on any atom is -0.388 e. The van der Waals surface area contributed by atoms with Gasteiger partial charge in [0.05, 0.1) is 11.1 Å². The average Bonchev–Trinajstić information content (AvgIpc) is 2.11. The van der Waals surface area contributed by atoms with Gasteiger partial charge in [0.15, 0.2) is 0 Å². The first-order valence-electron chi connectivity index (χ1n) is 5.19. The molecule has 0 bridgehead atoms. The van der Waals surface area contributed by atoms with Gasteiger partial charge in [-0.15, -0.1) is 0 Å². The highest BCUT2D eigenvalue weighted by molar-refractivity contribution is 5.85. The Morgan fingerprint density at radius 2 is 2.21 bits per heavy atom. The predicted molar refractivity (Wildman–Crippen MR) is 54.7 cm³/mol. The highest BCUT2D eigenvalue weighted by Gasteiger charge is 2.36. The number of nitrogens with one attached hydrogen (secondary N) is 1. The summed E-state index contributed by atoms with van der Waals surface area (Å²) >= 11 is 0. The highest BCUT2D eigenvalue weighted by atomic mass is 16.3. The van der Waals surface area contributed by atoms with Gasteiger partial charge in [0.2, 0.25) is 5.91 Å². The lowest BCUT2D eigenvalue weighted by molar-refractivity contribution is -0.128. The van der Waals surface area contributed by atoms with Crippen molar-refractivity contribution in [2.45, 2.75) is 50.7 Å². The third-order valence-corrected chi connectivity index (χ3v) is 3.12. The van der Waals surface area contributed by atoms with E-state index in [4.69, 9.17) is 5.73 Å². The van der Waals surface area contributed by atoms with Crippen molar-refractivity contribution in [3.63, 3.8) is 0 Å². The van der Waals surface area contributed by atoms with Crippen LogP contribution in [0, 0.1) is 0 Å². The number of hydrogen-bond acceptors (Lipinski definition) is 3. The Hall–Kier alpha value is -0.610. The van der Waals surface area contributed by atoms with Crippen molar-refractivity contribution < 1.29 is 9.90 Å². The topological polar surface area (TPSA) is 75.4 Å². The molecule has 1 rings (SSSR count). The van der Waals surface area contributed by atoms with E-state index in [1.54, 1.807) is 6.92 Å². The molecule has 0 heterocycles. The molecule has 1 fully saturated rings. The second kappa shape index (κ2) is 3.87. The van der Waals surface area contributed by atoms with Crippen molar-refractivity contribution >= 4 is 5.91 Å². The molecule has 1 aliphatic rings. The average molecular weight is 200 g/mol. The van der Waals surface area contributed by atoms with Crippen LogP contribution < -0.4 is 11.1 Å². The van der Waals surface area contributed by atoms with Gasteiger partial charge in [0.25, 0.3) is 0 Å². The van der Waals surface area contributed by atoms with Crippen molar-refractivity contribution in [1.29, 1.82) is 0 Å². The lowest BCUT2D eigenvalue weighted by Gasteiger charge is -2.37. The SMILES string of the molecule is CCC(C)(N)C(=O)NCC1(O)CCC1. The number of rotatable bonds is 4. The molecule has 1 aliphatic carbocycles. The number of carbonyl (C=O) groups is 1. The van der Waals surface area contributed by atoms with E-state index in [9.17, 15) is 9.90 Å². The Morgan fingerprint density at radius 3 is 2.57 bits per heavy atom. The summed E-state index contributed by atoms with van der Waals surface area (Å²) in [5, 5.41) is 12.4. The third-order valence-electron chi connectivity index (χ3n) is 3.12. The summed E-state index contributed by atoms with van der Waals surface area (Å²) in [5.74, 6) is -0.180. The molecule has 0 saturated heterocycles. The van der Waals surface area contributed by atoms with Gasteiger partial charge < -0.3 is 16.2 Å². The summed E-state index contributed by atoms with van der Waals surface area (Å²) in [4.78, 5) is 11.5. The van der Waals surface area contributed by atoms with Gasteiger partial charge >= 0.3 is 0 Å². The zero-order valence-electron chi connectivity index (χ0n) is 8.97. The second-order valence-electron chi connectivity index (χ2n) is 4.53. The Balaban J connectivity index is 2.34. The highest BCUT2D eigenvalue weighted by Crippen LogP contribution is 2.30. The molecule has 0 aromatic rings. The zero-order valence-corrected chi connectivity index (χ0v) is 8.97. The van der Waals surface area contributed by atoms with Crippen LogP contribution in [0.4, 0.5) is 0 Å². The molecule has 4 heteroatoms. The van der Waals surface area contributed by atoms with E-state index in [-0.39, 0.29) is 5.91 Å². The molecule has 4 N–H and O–H groups in total. The molecule has 0 aromatic heterocycles. The summed E-state index contributed by atoms with van der Waals surface area (Å²) in [6.45, 7) is 3.91. The number of amides is 1. The van der Waals surface area contributed by atoms with Gasteiger partial charge in [0, 0.05) is 6.54 Å². The van der Waals surface area contributed by atoms with E-state index in [1.807, 2.05) is 6.92 Å². The monoisotopic (exact) mass is 200 g/mol. The van der Waals surface area contributed by atoms with Gasteiger partial charge in [-0.25, -0.2) is 0 Å². The molecular formula is C10H20N2O2. The Labute approximate surface area is 84.9 Å². The van der Waals surface area contributed by atoms with Gasteiger partial charge in [-0.2, -0.15) is 0 Å². The number of carbonyl (C=O) groups excluding carboxylic acids is 1. The van der Waals surface area contributed by atoms with Crippen LogP contribution in [0.15, 0.2) is 0 Å². The fraction of sp³-hybridized carbons (Fsp3) is 0.900. The van der Waals surface area contributed by atoms with E-state index >= 15 is 0 Å². The molecule has 4 nitrogen and oxygen atoms in total. The molecule has 0 spiro atoms. The van der Waals surface area contributed by atoms with Crippen LogP contribution in [0.5, 0.6) is 0 Å². The lowest BCUT2D eigenvalue weighted by atomic mass is 9.80. The van der Waals surface area contributed by atoms with Crippen molar-refractivity contribution in [2.24, 2.45) is 5.73 Å². The molecule has 1 atom stereocenters. The largest absolute Gasteiger partial charge is 0.388 e. The van der Waals surface area contributed by atoms with E-state index in [0.717, 1.165) is 19.3 Å². The summed E-state index contributed by atoms with van der Waals surface area (Å²) in [5.41, 5.74) is 4.27. The maximum Gasteiger partial charge on any atom is 0.239 e. The van der Waals surface area contributed by atoms with Gasteiger partial charge in [-0.3, -0.25) is 4.79 Å². The van der Waals surface area contributed by atoms with Crippen LogP contribution in [0.2, 0.25) is 0 Å². The smallest absolute Gasteiger partial charge is 0.239 e. The molecule has 1 saturated carbocycles.